The van der Waals surface area contributed by atoms with Crippen LogP contribution >= 0.6 is 0 Å². The lowest BCUT2D eigenvalue weighted by molar-refractivity contribution is 0.102. The summed E-state index contributed by atoms with van der Waals surface area (Å²) in [4.78, 5) is 19.3. The summed E-state index contributed by atoms with van der Waals surface area (Å²) in [6.07, 6.45) is 2.74. The van der Waals surface area contributed by atoms with Gasteiger partial charge in [0, 0.05) is 17.3 Å². The molecule has 2 aromatic carbocycles. The van der Waals surface area contributed by atoms with Crippen molar-refractivity contribution in [3.8, 4) is 0 Å². The number of anilines is 3. The van der Waals surface area contributed by atoms with E-state index in [4.69, 9.17) is 0 Å². The second-order valence-electron chi connectivity index (χ2n) is 6.73. The van der Waals surface area contributed by atoms with Gasteiger partial charge in [0.2, 0.25) is 0 Å². The molecular formula is C22H21N3O. The number of fused-ring (bicyclic) bond motifs is 1. The molecule has 4 heteroatoms. The van der Waals surface area contributed by atoms with Crippen LogP contribution in [0, 0.1) is 6.92 Å². The number of nitrogens with zero attached hydrogens (tertiary/aromatic N) is 2. The van der Waals surface area contributed by atoms with Crippen LogP contribution in [0.5, 0.6) is 0 Å². The highest BCUT2D eigenvalue weighted by Crippen LogP contribution is 2.37. The Hall–Kier alpha value is -3.14. The second kappa shape index (κ2) is 6.64. The summed E-state index contributed by atoms with van der Waals surface area (Å²) in [5.74, 6) is 0.786. The van der Waals surface area contributed by atoms with Crippen molar-refractivity contribution in [2.24, 2.45) is 0 Å². The Morgan fingerprint density at radius 3 is 2.62 bits per heavy atom. The first kappa shape index (κ1) is 16.3. The number of nitrogens with one attached hydrogen (secondary N) is 1. The van der Waals surface area contributed by atoms with Gasteiger partial charge in [-0.15, -0.1) is 0 Å². The highest BCUT2D eigenvalue weighted by Gasteiger charge is 2.27. The maximum atomic E-state index is 12.4. The summed E-state index contributed by atoms with van der Waals surface area (Å²) in [6.45, 7) is 4.14. The van der Waals surface area contributed by atoms with Crippen LogP contribution in [-0.2, 0) is 6.42 Å². The summed E-state index contributed by atoms with van der Waals surface area (Å²) in [5, 5.41) is 2.93. The van der Waals surface area contributed by atoms with E-state index in [-0.39, 0.29) is 5.91 Å². The minimum Gasteiger partial charge on any atom is -0.323 e. The molecule has 4 rings (SSSR count). The van der Waals surface area contributed by atoms with E-state index in [1.54, 1.807) is 6.20 Å². The van der Waals surface area contributed by atoms with Crippen molar-refractivity contribution in [1.29, 1.82) is 0 Å². The lowest BCUT2D eigenvalue weighted by Gasteiger charge is -2.24. The number of rotatable bonds is 3. The fourth-order valence-electron chi connectivity index (χ4n) is 3.54. The van der Waals surface area contributed by atoms with Crippen molar-refractivity contribution in [2.45, 2.75) is 26.3 Å². The molecule has 0 radical (unpaired) electrons. The third-order valence-corrected chi connectivity index (χ3v) is 4.85. The van der Waals surface area contributed by atoms with Crippen LogP contribution in [0.3, 0.4) is 0 Å². The minimum absolute atomic E-state index is 0.113. The number of carbonyl (C=O) groups excluding carboxylic acids is 1. The van der Waals surface area contributed by atoms with E-state index in [0.29, 0.717) is 17.3 Å². The average Bonchev–Trinajstić information content (AvgIpc) is 2.98. The van der Waals surface area contributed by atoms with Gasteiger partial charge in [-0.25, -0.2) is 4.98 Å². The molecule has 0 bridgehead atoms. The van der Waals surface area contributed by atoms with Crippen molar-refractivity contribution < 1.29 is 4.79 Å². The fourth-order valence-corrected chi connectivity index (χ4v) is 3.54. The largest absolute Gasteiger partial charge is 0.323 e. The lowest BCUT2D eigenvalue weighted by Crippen LogP contribution is -2.24. The Balaban J connectivity index is 1.54. The number of benzene rings is 2. The second-order valence-corrected chi connectivity index (χ2v) is 6.73. The smallest absolute Gasteiger partial charge is 0.255 e. The van der Waals surface area contributed by atoms with Gasteiger partial charge in [-0.1, -0.05) is 36.4 Å². The molecule has 1 atom stereocenters. The molecule has 0 fully saturated rings. The van der Waals surface area contributed by atoms with Gasteiger partial charge in [-0.3, -0.25) is 4.79 Å². The lowest BCUT2D eigenvalue weighted by atomic mass is 10.1. The molecule has 1 unspecified atom stereocenters. The summed E-state index contributed by atoms with van der Waals surface area (Å²) >= 11 is 0. The monoisotopic (exact) mass is 343 g/mol. The molecule has 0 saturated heterocycles. The predicted octanol–water partition coefficient (Wildman–Crippen LogP) is 4.73. The van der Waals surface area contributed by atoms with Gasteiger partial charge in [0.15, 0.2) is 0 Å². The molecule has 0 spiro atoms. The van der Waals surface area contributed by atoms with Gasteiger partial charge in [0.05, 0.1) is 11.9 Å². The van der Waals surface area contributed by atoms with Gasteiger partial charge in [-0.05, 0) is 55.7 Å². The zero-order chi connectivity index (χ0) is 18.1. The highest BCUT2D eigenvalue weighted by molar-refractivity contribution is 6.05. The molecule has 1 aliphatic rings. The van der Waals surface area contributed by atoms with E-state index in [9.17, 15) is 4.79 Å². The first-order valence-corrected chi connectivity index (χ1v) is 8.83. The van der Waals surface area contributed by atoms with E-state index in [1.165, 1.54) is 11.3 Å². The first-order valence-electron chi connectivity index (χ1n) is 8.83. The summed E-state index contributed by atoms with van der Waals surface area (Å²) in [7, 11) is 0. The van der Waals surface area contributed by atoms with Crippen molar-refractivity contribution in [3.63, 3.8) is 0 Å². The normalized spacial score (nSPS) is 15.6. The molecular weight excluding hydrogens is 322 g/mol. The number of carbonyl (C=O) groups is 1. The SMILES string of the molecule is Cc1ccccc1C(=O)Nc1ccc(N2c3ccccc3CC2C)nc1. The topological polar surface area (TPSA) is 45.2 Å². The summed E-state index contributed by atoms with van der Waals surface area (Å²) in [5.41, 5.74) is 4.89. The van der Waals surface area contributed by atoms with Crippen LogP contribution < -0.4 is 10.2 Å². The summed E-state index contributed by atoms with van der Waals surface area (Å²) in [6, 6.07) is 20.2. The molecule has 2 heterocycles. The van der Waals surface area contributed by atoms with Crippen LogP contribution in [0.1, 0.15) is 28.4 Å². The maximum Gasteiger partial charge on any atom is 0.255 e. The van der Waals surface area contributed by atoms with Crippen molar-refractivity contribution in [3.05, 3.63) is 83.6 Å². The Labute approximate surface area is 153 Å². The minimum atomic E-state index is -0.113. The third kappa shape index (κ3) is 2.94. The number of amides is 1. The zero-order valence-corrected chi connectivity index (χ0v) is 14.9. The number of hydrogen-bond donors (Lipinski definition) is 1. The molecule has 130 valence electrons. The van der Waals surface area contributed by atoms with Crippen LogP contribution in [0.2, 0.25) is 0 Å². The van der Waals surface area contributed by atoms with Crippen LogP contribution in [0.4, 0.5) is 17.2 Å². The van der Waals surface area contributed by atoms with E-state index in [0.717, 1.165) is 17.8 Å². The van der Waals surface area contributed by atoms with E-state index >= 15 is 0 Å². The third-order valence-electron chi connectivity index (χ3n) is 4.85. The van der Waals surface area contributed by atoms with Crippen LogP contribution in [0.15, 0.2) is 66.9 Å². The molecule has 3 aromatic rings. The molecule has 1 N–H and O–H groups in total. The highest BCUT2D eigenvalue weighted by atomic mass is 16.1. The van der Waals surface area contributed by atoms with Crippen LogP contribution in [0.25, 0.3) is 0 Å². The molecule has 4 nitrogen and oxygen atoms in total. The number of para-hydroxylation sites is 1. The Morgan fingerprint density at radius 1 is 1.08 bits per heavy atom. The fraction of sp³-hybridized carbons (Fsp3) is 0.182. The number of aryl methyl sites for hydroxylation is 1. The van der Waals surface area contributed by atoms with E-state index < -0.39 is 0 Å². The van der Waals surface area contributed by atoms with Gasteiger partial charge >= 0.3 is 0 Å². The molecule has 1 amide bonds. The molecule has 0 aliphatic carbocycles. The Morgan fingerprint density at radius 2 is 1.85 bits per heavy atom. The van der Waals surface area contributed by atoms with Crippen molar-refractivity contribution in [1.82, 2.24) is 4.98 Å². The zero-order valence-electron chi connectivity index (χ0n) is 14.9. The van der Waals surface area contributed by atoms with Gasteiger partial charge in [0.1, 0.15) is 5.82 Å². The van der Waals surface area contributed by atoms with Crippen molar-refractivity contribution >= 4 is 23.1 Å². The first-order chi connectivity index (χ1) is 12.6. The molecule has 1 aliphatic heterocycles. The van der Waals surface area contributed by atoms with E-state index in [2.05, 4.69) is 46.4 Å². The van der Waals surface area contributed by atoms with Crippen molar-refractivity contribution in [2.75, 3.05) is 10.2 Å². The van der Waals surface area contributed by atoms with Gasteiger partial charge in [0.25, 0.3) is 5.91 Å². The molecule has 0 saturated carbocycles. The van der Waals surface area contributed by atoms with E-state index in [1.807, 2.05) is 43.3 Å². The molecule has 1 aromatic heterocycles. The number of pyridine rings is 1. The summed E-state index contributed by atoms with van der Waals surface area (Å²) < 4.78 is 0. The quantitative estimate of drug-likeness (QED) is 0.748. The van der Waals surface area contributed by atoms with Gasteiger partial charge < -0.3 is 10.2 Å². The molecule has 26 heavy (non-hydrogen) atoms. The van der Waals surface area contributed by atoms with Crippen LogP contribution in [-0.4, -0.2) is 16.9 Å². The average molecular weight is 343 g/mol. The Bertz CT molecular complexity index is 950. The standard InChI is InChI=1S/C22H21N3O/c1-15-7-3-5-9-19(15)22(26)24-18-11-12-21(23-14-18)25-16(2)13-17-8-4-6-10-20(17)25/h3-12,14,16H,13H2,1-2H3,(H,24,26). The Kier molecular flexibility index (Phi) is 4.17. The predicted molar refractivity (Wildman–Crippen MR) is 105 cm³/mol. The maximum absolute atomic E-state index is 12.4. The van der Waals surface area contributed by atoms with Gasteiger partial charge in [-0.2, -0.15) is 0 Å². The number of hydrogen-bond acceptors (Lipinski definition) is 3. The number of aromatic nitrogens is 1.